The van der Waals surface area contributed by atoms with E-state index in [1.807, 2.05) is 13.8 Å². The maximum Gasteiger partial charge on any atom is 0.339 e. The summed E-state index contributed by atoms with van der Waals surface area (Å²) in [7, 11) is 0. The summed E-state index contributed by atoms with van der Waals surface area (Å²) in [5, 5.41) is 2.79. The van der Waals surface area contributed by atoms with Crippen molar-refractivity contribution < 1.29 is 23.9 Å². The van der Waals surface area contributed by atoms with E-state index in [-0.39, 0.29) is 10.6 Å². The van der Waals surface area contributed by atoms with Gasteiger partial charge in [0.2, 0.25) is 0 Å². The molecule has 0 aliphatic rings. The number of halogens is 1. The molecule has 1 N–H and O–H groups in total. The van der Waals surface area contributed by atoms with E-state index in [9.17, 15) is 14.4 Å². The molecular formula is C21H22ClNO5. The van der Waals surface area contributed by atoms with Crippen LogP contribution < -0.4 is 5.32 Å². The minimum absolute atomic E-state index is 0.159. The van der Waals surface area contributed by atoms with E-state index in [1.54, 1.807) is 30.3 Å². The van der Waals surface area contributed by atoms with Gasteiger partial charge >= 0.3 is 11.9 Å². The average Bonchev–Trinajstić information content (AvgIpc) is 2.68. The van der Waals surface area contributed by atoms with E-state index < -0.39 is 24.5 Å². The first kappa shape index (κ1) is 21.4. The molecule has 6 nitrogen and oxygen atoms in total. The van der Waals surface area contributed by atoms with E-state index in [0.29, 0.717) is 17.9 Å². The van der Waals surface area contributed by atoms with E-state index in [2.05, 4.69) is 5.32 Å². The number of benzene rings is 2. The van der Waals surface area contributed by atoms with Gasteiger partial charge in [-0.25, -0.2) is 9.59 Å². The van der Waals surface area contributed by atoms with Crippen LogP contribution in [0.25, 0.3) is 0 Å². The standard InChI is InChI=1S/C21H22ClNO5/c1-3-4-11-27-21(26)17-12-16(9-10-18(17)22)23-19(24)13-28-20(25)15-7-5-14(2)6-8-15/h5-10,12H,3-4,11,13H2,1-2H3,(H,23,24). The Labute approximate surface area is 168 Å². The highest BCUT2D eigenvalue weighted by molar-refractivity contribution is 6.33. The second-order valence-electron chi connectivity index (χ2n) is 6.17. The molecular weight excluding hydrogens is 382 g/mol. The van der Waals surface area contributed by atoms with Crippen molar-refractivity contribution in [3.8, 4) is 0 Å². The van der Waals surface area contributed by atoms with Crippen LogP contribution >= 0.6 is 11.6 Å². The Morgan fingerprint density at radius 3 is 2.39 bits per heavy atom. The molecule has 0 radical (unpaired) electrons. The zero-order valence-electron chi connectivity index (χ0n) is 15.8. The topological polar surface area (TPSA) is 81.7 Å². The SMILES string of the molecule is CCCCOC(=O)c1cc(NC(=O)COC(=O)c2ccc(C)cc2)ccc1Cl. The monoisotopic (exact) mass is 403 g/mol. The minimum atomic E-state index is -0.591. The Morgan fingerprint density at radius 2 is 1.71 bits per heavy atom. The molecule has 2 rings (SSSR count). The van der Waals surface area contributed by atoms with Crippen molar-refractivity contribution in [2.75, 3.05) is 18.5 Å². The van der Waals surface area contributed by atoms with Crippen molar-refractivity contribution in [3.05, 3.63) is 64.2 Å². The molecule has 0 heterocycles. The number of carbonyl (C=O) groups is 3. The van der Waals surface area contributed by atoms with Gasteiger partial charge in [0.15, 0.2) is 6.61 Å². The quantitative estimate of drug-likeness (QED) is 0.521. The minimum Gasteiger partial charge on any atom is -0.462 e. The smallest absolute Gasteiger partial charge is 0.339 e. The number of rotatable bonds is 8. The summed E-state index contributed by atoms with van der Waals surface area (Å²) in [5.41, 5.74) is 1.89. The Bertz CT molecular complexity index is 848. The fraction of sp³-hybridized carbons (Fsp3) is 0.286. The summed E-state index contributed by atoms with van der Waals surface area (Å²) in [6.07, 6.45) is 1.66. The van der Waals surface area contributed by atoms with Crippen LogP contribution in [0.2, 0.25) is 5.02 Å². The van der Waals surface area contributed by atoms with Crippen molar-refractivity contribution in [1.82, 2.24) is 0 Å². The van der Waals surface area contributed by atoms with Gasteiger partial charge in [0, 0.05) is 5.69 Å². The maximum atomic E-state index is 12.1. The zero-order chi connectivity index (χ0) is 20.5. The molecule has 2 aromatic carbocycles. The van der Waals surface area contributed by atoms with Gasteiger partial charge in [0.1, 0.15) is 0 Å². The molecule has 0 unspecified atom stereocenters. The molecule has 0 saturated heterocycles. The number of amides is 1. The van der Waals surface area contributed by atoms with Gasteiger partial charge in [-0.3, -0.25) is 4.79 Å². The van der Waals surface area contributed by atoms with Crippen LogP contribution in [0.4, 0.5) is 5.69 Å². The van der Waals surface area contributed by atoms with Crippen molar-refractivity contribution in [2.45, 2.75) is 26.7 Å². The highest BCUT2D eigenvalue weighted by atomic mass is 35.5. The molecule has 0 aliphatic carbocycles. The molecule has 2 aromatic rings. The summed E-state index contributed by atoms with van der Waals surface area (Å²) in [4.78, 5) is 36.1. The molecule has 0 aliphatic heterocycles. The van der Waals surface area contributed by atoms with E-state index in [4.69, 9.17) is 21.1 Å². The van der Waals surface area contributed by atoms with Gasteiger partial charge in [-0.15, -0.1) is 0 Å². The number of carbonyl (C=O) groups excluding carboxylic acids is 3. The van der Waals surface area contributed by atoms with Crippen LogP contribution in [0.3, 0.4) is 0 Å². The average molecular weight is 404 g/mol. The lowest BCUT2D eigenvalue weighted by Crippen LogP contribution is -2.21. The number of ether oxygens (including phenoxy) is 2. The van der Waals surface area contributed by atoms with Crippen molar-refractivity contribution in [2.24, 2.45) is 0 Å². The van der Waals surface area contributed by atoms with Crippen LogP contribution in [0.1, 0.15) is 46.0 Å². The van der Waals surface area contributed by atoms with Crippen LogP contribution in [-0.2, 0) is 14.3 Å². The van der Waals surface area contributed by atoms with Gasteiger partial charge in [-0.05, 0) is 43.7 Å². The maximum absolute atomic E-state index is 12.1. The van der Waals surface area contributed by atoms with Crippen LogP contribution in [0, 0.1) is 6.92 Å². The molecule has 0 fully saturated rings. The fourth-order valence-electron chi connectivity index (χ4n) is 2.25. The molecule has 1 amide bonds. The Morgan fingerprint density at radius 1 is 1.00 bits per heavy atom. The Hall–Kier alpha value is -2.86. The highest BCUT2D eigenvalue weighted by Crippen LogP contribution is 2.21. The van der Waals surface area contributed by atoms with Crippen molar-refractivity contribution >= 4 is 35.1 Å². The first-order valence-corrected chi connectivity index (χ1v) is 9.28. The molecule has 0 spiro atoms. The number of nitrogens with one attached hydrogen (secondary N) is 1. The molecule has 0 bridgehead atoms. The molecule has 0 aromatic heterocycles. The molecule has 0 atom stereocenters. The lowest BCUT2D eigenvalue weighted by atomic mass is 10.1. The molecule has 28 heavy (non-hydrogen) atoms. The van der Waals surface area contributed by atoms with Gasteiger partial charge in [-0.2, -0.15) is 0 Å². The van der Waals surface area contributed by atoms with Gasteiger partial charge in [0.05, 0.1) is 22.8 Å². The summed E-state index contributed by atoms with van der Waals surface area (Å²) < 4.78 is 10.1. The predicted octanol–water partition coefficient (Wildman–Crippen LogP) is 4.40. The second-order valence-corrected chi connectivity index (χ2v) is 6.58. The van der Waals surface area contributed by atoms with Crippen LogP contribution in [0.5, 0.6) is 0 Å². The first-order chi connectivity index (χ1) is 13.4. The number of anilines is 1. The zero-order valence-corrected chi connectivity index (χ0v) is 16.5. The number of aryl methyl sites for hydroxylation is 1. The first-order valence-electron chi connectivity index (χ1n) is 8.91. The Balaban J connectivity index is 1.92. The van der Waals surface area contributed by atoms with Gasteiger partial charge in [0.25, 0.3) is 5.91 Å². The largest absolute Gasteiger partial charge is 0.462 e. The summed E-state index contributed by atoms with van der Waals surface area (Å²) in [5.74, 6) is -1.68. The molecule has 7 heteroatoms. The highest BCUT2D eigenvalue weighted by Gasteiger charge is 2.15. The number of hydrogen-bond donors (Lipinski definition) is 1. The summed E-state index contributed by atoms with van der Waals surface area (Å²) in [6, 6.07) is 11.3. The third-order valence-corrected chi connectivity index (χ3v) is 4.15. The summed E-state index contributed by atoms with van der Waals surface area (Å²) >= 11 is 6.04. The number of hydrogen-bond acceptors (Lipinski definition) is 5. The lowest BCUT2D eigenvalue weighted by Gasteiger charge is -2.10. The van der Waals surface area contributed by atoms with Gasteiger partial charge in [-0.1, -0.05) is 42.6 Å². The van der Waals surface area contributed by atoms with E-state index in [0.717, 1.165) is 18.4 Å². The Kier molecular flexibility index (Phi) is 8.02. The van der Waals surface area contributed by atoms with E-state index >= 15 is 0 Å². The van der Waals surface area contributed by atoms with Crippen molar-refractivity contribution in [3.63, 3.8) is 0 Å². The second kappa shape index (κ2) is 10.5. The fourth-order valence-corrected chi connectivity index (χ4v) is 2.44. The number of unbranched alkanes of at least 4 members (excludes halogenated alkanes) is 1. The van der Waals surface area contributed by atoms with Crippen LogP contribution in [-0.4, -0.2) is 31.1 Å². The normalized spacial score (nSPS) is 10.2. The lowest BCUT2D eigenvalue weighted by molar-refractivity contribution is -0.119. The van der Waals surface area contributed by atoms with Crippen LogP contribution in [0.15, 0.2) is 42.5 Å². The predicted molar refractivity (Wildman–Crippen MR) is 107 cm³/mol. The van der Waals surface area contributed by atoms with Gasteiger partial charge < -0.3 is 14.8 Å². The molecule has 148 valence electrons. The number of esters is 2. The third-order valence-electron chi connectivity index (χ3n) is 3.82. The van der Waals surface area contributed by atoms with E-state index in [1.165, 1.54) is 12.1 Å². The molecule has 0 saturated carbocycles. The third kappa shape index (κ3) is 6.39. The summed E-state index contributed by atoms with van der Waals surface area (Å²) in [6.45, 7) is 3.74. The van der Waals surface area contributed by atoms with Crippen molar-refractivity contribution in [1.29, 1.82) is 0 Å².